The molecule has 8 heteroatoms. The summed E-state index contributed by atoms with van der Waals surface area (Å²) in [7, 11) is -3.57. The lowest BCUT2D eigenvalue weighted by atomic mass is 10.1. The van der Waals surface area contributed by atoms with Gasteiger partial charge in [0.1, 0.15) is 0 Å². The van der Waals surface area contributed by atoms with E-state index < -0.39 is 10.0 Å². The first-order chi connectivity index (χ1) is 14.8. The molecule has 0 aromatic heterocycles. The van der Waals surface area contributed by atoms with Crippen molar-refractivity contribution in [1.29, 1.82) is 0 Å². The smallest absolute Gasteiger partial charge is 0.262 e. The molecule has 2 aromatic rings. The first kappa shape index (κ1) is 20.9. The van der Waals surface area contributed by atoms with E-state index in [-0.39, 0.29) is 35.7 Å². The molecule has 2 aliphatic heterocycles. The van der Waals surface area contributed by atoms with Crippen LogP contribution in [0.1, 0.15) is 13.8 Å². The molecule has 0 fully saturated rings. The van der Waals surface area contributed by atoms with Crippen LogP contribution in [0.25, 0.3) is 0 Å². The maximum Gasteiger partial charge on any atom is 0.262 e. The number of carbonyl (C=O) groups is 1. The van der Waals surface area contributed by atoms with Crippen molar-refractivity contribution in [3.63, 3.8) is 0 Å². The van der Waals surface area contributed by atoms with Crippen LogP contribution >= 0.6 is 0 Å². The van der Waals surface area contributed by atoms with Gasteiger partial charge >= 0.3 is 0 Å². The Morgan fingerprint density at radius 3 is 2.42 bits per heavy atom. The van der Waals surface area contributed by atoms with Gasteiger partial charge in [-0.2, -0.15) is 0 Å². The molecule has 2 heterocycles. The van der Waals surface area contributed by atoms with E-state index in [0.29, 0.717) is 0 Å². The Balaban J connectivity index is 1.61. The molecule has 0 spiro atoms. The number of nitrogens with zero attached hydrogens (tertiary/aromatic N) is 3. The number of anilines is 3. The van der Waals surface area contributed by atoms with E-state index in [0.717, 1.165) is 17.1 Å². The Kier molecular flexibility index (Phi) is 5.65. The quantitative estimate of drug-likeness (QED) is 0.773. The topological polar surface area (TPSA) is 82.1 Å². The number of allylic oxidation sites excluding steroid dienone is 2. The van der Waals surface area contributed by atoms with Crippen molar-refractivity contribution in [3.05, 3.63) is 78.5 Å². The first-order valence-corrected chi connectivity index (χ1v) is 11.7. The largest absolute Gasteiger partial charge is 0.356 e. The van der Waals surface area contributed by atoms with Gasteiger partial charge < -0.3 is 15.1 Å². The standard InChI is InChI=1S/C23H24N4O3S/c1-17(2)27(20-12-10-19(11-13-20)24-18-7-4-3-5-8-18)23(28)21-9-6-14-26-15-16-31(29,30)25-22(21)26/h3-14,17,24H,15-16H2,1-2H3. The molecule has 0 saturated heterocycles. The van der Waals surface area contributed by atoms with Gasteiger partial charge in [-0.1, -0.05) is 18.2 Å². The van der Waals surface area contributed by atoms with Gasteiger partial charge in [-0.05, 0) is 62.4 Å². The van der Waals surface area contributed by atoms with Crippen LogP contribution in [0.15, 0.2) is 82.9 Å². The van der Waals surface area contributed by atoms with E-state index in [1.165, 1.54) is 0 Å². The summed E-state index contributed by atoms with van der Waals surface area (Å²) in [6.45, 7) is 4.12. The van der Waals surface area contributed by atoms with Crippen LogP contribution in [0.4, 0.5) is 17.1 Å². The first-order valence-electron chi connectivity index (χ1n) is 10.1. The molecular formula is C23H24N4O3S. The Bertz CT molecular complexity index is 1170. The minimum Gasteiger partial charge on any atom is -0.356 e. The number of hydrogen-bond acceptors (Lipinski definition) is 5. The number of carbonyl (C=O) groups excluding carboxylic acids is 1. The molecule has 0 radical (unpaired) electrons. The molecule has 1 amide bonds. The van der Waals surface area contributed by atoms with Crippen molar-refractivity contribution < 1.29 is 13.2 Å². The second-order valence-corrected chi connectivity index (χ2v) is 9.38. The van der Waals surface area contributed by atoms with Crippen molar-refractivity contribution in [2.75, 3.05) is 22.5 Å². The number of nitrogens with one attached hydrogen (secondary N) is 1. The zero-order chi connectivity index (χ0) is 22.0. The average molecular weight is 437 g/mol. The molecule has 4 rings (SSSR count). The van der Waals surface area contributed by atoms with Crippen LogP contribution in [-0.2, 0) is 14.8 Å². The van der Waals surface area contributed by atoms with Gasteiger partial charge in [-0.3, -0.25) is 4.79 Å². The summed E-state index contributed by atoms with van der Waals surface area (Å²) in [5.41, 5.74) is 2.87. The lowest BCUT2D eigenvalue weighted by Crippen LogP contribution is -2.45. The lowest BCUT2D eigenvalue weighted by molar-refractivity contribution is -0.115. The Morgan fingerprint density at radius 1 is 1.06 bits per heavy atom. The van der Waals surface area contributed by atoms with E-state index in [9.17, 15) is 13.2 Å². The predicted octanol–water partition coefficient (Wildman–Crippen LogP) is 3.67. The van der Waals surface area contributed by atoms with Crippen molar-refractivity contribution in [1.82, 2.24) is 4.90 Å². The van der Waals surface area contributed by atoms with E-state index in [2.05, 4.69) is 9.71 Å². The highest BCUT2D eigenvalue weighted by molar-refractivity contribution is 7.90. The second-order valence-electron chi connectivity index (χ2n) is 7.62. The van der Waals surface area contributed by atoms with E-state index in [1.54, 1.807) is 28.2 Å². The molecule has 0 unspecified atom stereocenters. The number of rotatable bonds is 5. The van der Waals surface area contributed by atoms with Crippen molar-refractivity contribution in [3.8, 4) is 0 Å². The van der Waals surface area contributed by atoms with Gasteiger partial charge in [-0.25, -0.2) is 8.42 Å². The molecule has 7 nitrogen and oxygen atoms in total. The fraction of sp³-hybridized carbons (Fsp3) is 0.217. The lowest BCUT2D eigenvalue weighted by Gasteiger charge is -2.33. The fourth-order valence-corrected chi connectivity index (χ4v) is 4.54. The highest BCUT2D eigenvalue weighted by Crippen LogP contribution is 2.26. The molecule has 0 saturated carbocycles. The highest BCUT2D eigenvalue weighted by Gasteiger charge is 2.33. The maximum absolute atomic E-state index is 13.5. The predicted molar refractivity (Wildman–Crippen MR) is 124 cm³/mol. The fourth-order valence-electron chi connectivity index (χ4n) is 3.56. The summed E-state index contributed by atoms with van der Waals surface area (Å²) in [6, 6.07) is 17.3. The molecule has 1 N–H and O–H groups in total. The van der Waals surface area contributed by atoms with Crippen LogP contribution in [-0.4, -0.2) is 43.4 Å². The maximum atomic E-state index is 13.5. The number of sulfonamides is 1. The van der Waals surface area contributed by atoms with Crippen LogP contribution < -0.4 is 10.2 Å². The normalized spacial score (nSPS) is 16.9. The SMILES string of the molecule is CC(C)N(C(=O)C1=CC=CN2CCS(=O)(=O)N=C12)c1ccc(Nc2ccccc2)cc1. The average Bonchev–Trinajstić information content (AvgIpc) is 2.74. The van der Waals surface area contributed by atoms with E-state index in [1.807, 2.05) is 68.4 Å². The number of benzene rings is 2. The molecular weight excluding hydrogens is 412 g/mol. The Labute approximate surface area is 182 Å². The van der Waals surface area contributed by atoms with Gasteiger partial charge in [0.15, 0.2) is 5.84 Å². The summed E-state index contributed by atoms with van der Waals surface area (Å²) < 4.78 is 27.9. The molecule has 0 bridgehead atoms. The van der Waals surface area contributed by atoms with Gasteiger partial charge in [-0.15, -0.1) is 4.40 Å². The van der Waals surface area contributed by atoms with Crippen LogP contribution in [0.3, 0.4) is 0 Å². The van der Waals surface area contributed by atoms with Crippen LogP contribution in [0, 0.1) is 0 Å². The number of amides is 1. The summed E-state index contributed by atoms with van der Waals surface area (Å²) in [5.74, 6) is -0.165. The summed E-state index contributed by atoms with van der Waals surface area (Å²) in [6.07, 6.45) is 5.11. The van der Waals surface area contributed by atoms with Crippen molar-refractivity contribution in [2.24, 2.45) is 4.40 Å². The molecule has 160 valence electrons. The van der Waals surface area contributed by atoms with Gasteiger partial charge in [0.2, 0.25) is 0 Å². The minimum absolute atomic E-state index is 0.0634. The van der Waals surface area contributed by atoms with Gasteiger partial charge in [0, 0.05) is 35.8 Å². The zero-order valence-electron chi connectivity index (χ0n) is 17.4. The van der Waals surface area contributed by atoms with Crippen molar-refractivity contribution in [2.45, 2.75) is 19.9 Å². The number of para-hydroxylation sites is 1. The van der Waals surface area contributed by atoms with E-state index >= 15 is 0 Å². The number of fused-ring (bicyclic) bond motifs is 1. The summed E-state index contributed by atoms with van der Waals surface area (Å²) in [4.78, 5) is 16.8. The third-order valence-electron chi connectivity index (χ3n) is 5.03. The highest BCUT2D eigenvalue weighted by atomic mass is 32.2. The summed E-state index contributed by atoms with van der Waals surface area (Å²) >= 11 is 0. The molecule has 0 atom stereocenters. The van der Waals surface area contributed by atoms with Crippen LogP contribution in [0.2, 0.25) is 0 Å². The van der Waals surface area contributed by atoms with E-state index in [4.69, 9.17) is 0 Å². The molecule has 2 aliphatic rings. The Hall–Kier alpha value is -3.39. The molecule has 31 heavy (non-hydrogen) atoms. The molecule has 2 aromatic carbocycles. The zero-order valence-corrected chi connectivity index (χ0v) is 18.2. The second kappa shape index (κ2) is 8.39. The van der Waals surface area contributed by atoms with Crippen LogP contribution in [0.5, 0.6) is 0 Å². The molecule has 0 aliphatic carbocycles. The van der Waals surface area contributed by atoms with Gasteiger partial charge in [0.25, 0.3) is 15.9 Å². The Morgan fingerprint density at radius 2 is 1.74 bits per heavy atom. The van der Waals surface area contributed by atoms with Crippen molar-refractivity contribution >= 4 is 38.8 Å². The number of amidine groups is 1. The third kappa shape index (κ3) is 4.54. The summed E-state index contributed by atoms with van der Waals surface area (Å²) in [5, 5.41) is 3.32. The third-order valence-corrected chi connectivity index (χ3v) is 6.18. The minimum atomic E-state index is -3.57. The van der Waals surface area contributed by atoms with Gasteiger partial charge in [0.05, 0.1) is 11.3 Å². The monoisotopic (exact) mass is 436 g/mol. The number of hydrogen-bond donors (Lipinski definition) is 1.